The number of hydrogen-bond donors (Lipinski definition) is 4. The molecule has 4 aromatic rings. The Morgan fingerprint density at radius 2 is 2.06 bits per heavy atom. The summed E-state index contributed by atoms with van der Waals surface area (Å²) in [6, 6.07) is 8.70. The van der Waals surface area contributed by atoms with Gasteiger partial charge < -0.3 is 16.0 Å². The van der Waals surface area contributed by atoms with Crippen molar-refractivity contribution >= 4 is 34.6 Å². The number of amides is 2. The summed E-state index contributed by atoms with van der Waals surface area (Å²) in [5.74, 6) is -1.07. The van der Waals surface area contributed by atoms with Crippen molar-refractivity contribution in [2.75, 3.05) is 5.32 Å². The monoisotopic (exact) mass is 459 g/mol. The first-order valence-corrected chi connectivity index (χ1v) is 10.7. The first-order valence-electron chi connectivity index (χ1n) is 10.7. The normalized spacial score (nSPS) is 13.6. The fraction of sp³-hybridized carbons (Fsp3) is 0.167. The van der Waals surface area contributed by atoms with E-state index in [-0.39, 0.29) is 17.6 Å². The SMILES string of the molecule is Cn1cc(-c2[nH]c3cc(NC(=O)[C@H](N)CCc4ccc(F)cc4)cc4c3c2C=NNC4=O)cn1. The van der Waals surface area contributed by atoms with E-state index in [4.69, 9.17) is 5.73 Å². The number of nitrogens with two attached hydrogens (primary N) is 1. The van der Waals surface area contributed by atoms with Gasteiger partial charge in [0.1, 0.15) is 5.82 Å². The number of nitrogens with one attached hydrogen (secondary N) is 3. The van der Waals surface area contributed by atoms with E-state index in [9.17, 15) is 14.0 Å². The van der Waals surface area contributed by atoms with Crippen LogP contribution in [0.1, 0.15) is 27.9 Å². The van der Waals surface area contributed by atoms with E-state index in [0.717, 1.165) is 22.4 Å². The van der Waals surface area contributed by atoms with Crippen molar-refractivity contribution in [1.82, 2.24) is 20.2 Å². The summed E-state index contributed by atoms with van der Waals surface area (Å²) in [6.45, 7) is 0. The fourth-order valence-electron chi connectivity index (χ4n) is 4.07. The number of anilines is 1. The third-order valence-corrected chi connectivity index (χ3v) is 5.80. The molecular weight excluding hydrogens is 437 g/mol. The van der Waals surface area contributed by atoms with E-state index >= 15 is 0 Å². The Hall–Kier alpha value is -4.31. The lowest BCUT2D eigenvalue weighted by Crippen LogP contribution is -2.36. The minimum absolute atomic E-state index is 0.311. The van der Waals surface area contributed by atoms with Crippen LogP contribution in [0, 0.1) is 5.82 Å². The van der Waals surface area contributed by atoms with Crippen molar-refractivity contribution in [3.8, 4) is 11.3 Å². The molecule has 9 nitrogen and oxygen atoms in total. The van der Waals surface area contributed by atoms with E-state index in [0.29, 0.717) is 35.0 Å². The summed E-state index contributed by atoms with van der Waals surface area (Å²) >= 11 is 0. The molecule has 34 heavy (non-hydrogen) atoms. The van der Waals surface area contributed by atoms with Gasteiger partial charge in [-0.15, -0.1) is 0 Å². The summed E-state index contributed by atoms with van der Waals surface area (Å²) in [5.41, 5.74) is 13.3. The molecular formula is C24H22FN7O2. The Morgan fingerprint density at radius 3 is 2.79 bits per heavy atom. The van der Waals surface area contributed by atoms with Gasteiger partial charge in [-0.3, -0.25) is 14.3 Å². The zero-order valence-electron chi connectivity index (χ0n) is 18.3. The highest BCUT2D eigenvalue weighted by Crippen LogP contribution is 2.34. The number of benzene rings is 2. The van der Waals surface area contributed by atoms with E-state index in [1.54, 1.807) is 41.4 Å². The molecule has 2 aromatic carbocycles. The summed E-state index contributed by atoms with van der Waals surface area (Å²) in [5, 5.41) is 11.8. The Morgan fingerprint density at radius 1 is 1.26 bits per heavy atom. The Kier molecular flexibility index (Phi) is 5.42. The molecule has 0 spiro atoms. The second kappa shape index (κ2) is 8.56. The fourth-order valence-corrected chi connectivity index (χ4v) is 4.07. The largest absolute Gasteiger partial charge is 0.354 e. The van der Waals surface area contributed by atoms with Gasteiger partial charge in [-0.05, 0) is 42.7 Å². The number of halogens is 1. The number of carbonyl (C=O) groups is 2. The second-order valence-corrected chi connectivity index (χ2v) is 8.22. The van der Waals surface area contributed by atoms with Crippen molar-refractivity contribution in [3.05, 3.63) is 71.3 Å². The third kappa shape index (κ3) is 4.06. The van der Waals surface area contributed by atoms with Crippen LogP contribution in [0.3, 0.4) is 0 Å². The molecule has 5 rings (SSSR count). The highest BCUT2D eigenvalue weighted by atomic mass is 19.1. The van der Waals surface area contributed by atoms with Gasteiger partial charge in [-0.25, -0.2) is 9.82 Å². The summed E-state index contributed by atoms with van der Waals surface area (Å²) in [7, 11) is 1.82. The first kappa shape index (κ1) is 21.5. The molecule has 0 saturated heterocycles. The highest BCUT2D eigenvalue weighted by Gasteiger charge is 2.23. The maximum atomic E-state index is 13.1. The van der Waals surface area contributed by atoms with Gasteiger partial charge in [-0.1, -0.05) is 12.1 Å². The zero-order chi connectivity index (χ0) is 23.8. The van der Waals surface area contributed by atoms with Crippen LogP contribution in [0.15, 0.2) is 53.9 Å². The predicted molar refractivity (Wildman–Crippen MR) is 127 cm³/mol. The lowest BCUT2D eigenvalue weighted by atomic mass is 10.0. The van der Waals surface area contributed by atoms with Crippen molar-refractivity contribution in [2.24, 2.45) is 17.9 Å². The van der Waals surface area contributed by atoms with Gasteiger partial charge in [0.15, 0.2) is 0 Å². The molecule has 0 bridgehead atoms. The van der Waals surface area contributed by atoms with Gasteiger partial charge in [0.2, 0.25) is 5.91 Å². The molecule has 1 aliphatic rings. The van der Waals surface area contributed by atoms with Crippen molar-refractivity contribution in [1.29, 1.82) is 0 Å². The van der Waals surface area contributed by atoms with Crippen LogP contribution >= 0.6 is 0 Å². The quantitative estimate of drug-likeness (QED) is 0.353. The Labute approximate surface area is 193 Å². The molecule has 10 heteroatoms. The molecule has 0 radical (unpaired) electrons. The molecule has 2 aromatic heterocycles. The van der Waals surface area contributed by atoms with E-state index in [1.165, 1.54) is 12.1 Å². The van der Waals surface area contributed by atoms with Crippen molar-refractivity contribution in [3.63, 3.8) is 0 Å². The molecule has 1 atom stereocenters. The zero-order valence-corrected chi connectivity index (χ0v) is 18.3. The number of aromatic amines is 1. The van der Waals surface area contributed by atoms with Crippen LogP contribution in [-0.2, 0) is 18.3 Å². The van der Waals surface area contributed by atoms with Crippen LogP contribution < -0.4 is 16.5 Å². The average molecular weight is 459 g/mol. The molecule has 0 fully saturated rings. The summed E-state index contributed by atoms with van der Waals surface area (Å²) in [4.78, 5) is 28.7. The molecule has 5 N–H and O–H groups in total. The van der Waals surface area contributed by atoms with Gasteiger partial charge in [0, 0.05) is 41.0 Å². The maximum Gasteiger partial charge on any atom is 0.272 e. The highest BCUT2D eigenvalue weighted by molar-refractivity contribution is 6.18. The first-order chi connectivity index (χ1) is 16.4. The minimum atomic E-state index is -0.776. The number of H-pyrrole nitrogens is 1. The van der Waals surface area contributed by atoms with Crippen LogP contribution in [0.5, 0.6) is 0 Å². The summed E-state index contributed by atoms with van der Waals surface area (Å²) < 4.78 is 14.8. The molecule has 1 aliphatic heterocycles. The molecule has 3 heterocycles. The van der Waals surface area contributed by atoms with E-state index in [2.05, 4.69) is 25.9 Å². The van der Waals surface area contributed by atoms with Gasteiger partial charge >= 0.3 is 0 Å². The minimum Gasteiger partial charge on any atom is -0.354 e. The number of aromatic nitrogens is 3. The molecule has 172 valence electrons. The Bertz CT molecular complexity index is 1440. The van der Waals surface area contributed by atoms with E-state index in [1.807, 2.05) is 13.2 Å². The number of hydrogen-bond acceptors (Lipinski definition) is 5. The molecule has 0 saturated carbocycles. The topological polar surface area (TPSA) is 130 Å². The van der Waals surface area contributed by atoms with Crippen LogP contribution in [0.25, 0.3) is 22.2 Å². The molecule has 0 aliphatic carbocycles. The van der Waals surface area contributed by atoms with Crippen LogP contribution in [-0.4, -0.2) is 38.8 Å². The molecule has 0 unspecified atom stereocenters. The summed E-state index contributed by atoms with van der Waals surface area (Å²) in [6.07, 6.45) is 6.10. The second-order valence-electron chi connectivity index (χ2n) is 8.22. The standard InChI is InChI=1S/C24H22FN7O2/c1-32-12-14(10-28-32)22-18-11-27-31-23(33)17-8-16(9-20(30-22)21(17)18)29-24(34)19(26)7-4-13-2-5-15(25)6-3-13/h2-3,5-6,8-12,19,30H,4,7,26H2,1H3,(H,29,34)(H,31,33)/t19-/m1/s1. The van der Waals surface area contributed by atoms with Gasteiger partial charge in [0.05, 0.1) is 29.7 Å². The number of nitrogens with zero attached hydrogens (tertiary/aromatic N) is 3. The van der Waals surface area contributed by atoms with E-state index < -0.39 is 6.04 Å². The number of rotatable bonds is 6. The van der Waals surface area contributed by atoms with Crippen LogP contribution in [0.4, 0.5) is 10.1 Å². The van der Waals surface area contributed by atoms with Crippen molar-refractivity contribution < 1.29 is 14.0 Å². The van der Waals surface area contributed by atoms with Crippen molar-refractivity contribution in [2.45, 2.75) is 18.9 Å². The Balaban J connectivity index is 1.42. The predicted octanol–water partition coefficient (Wildman–Crippen LogP) is 2.68. The molecule has 2 amide bonds. The smallest absolute Gasteiger partial charge is 0.272 e. The van der Waals surface area contributed by atoms with Crippen LogP contribution in [0.2, 0.25) is 0 Å². The lowest BCUT2D eigenvalue weighted by molar-refractivity contribution is -0.117. The average Bonchev–Trinajstić information content (AvgIpc) is 3.36. The number of carbonyl (C=O) groups excluding carboxylic acids is 2. The third-order valence-electron chi connectivity index (χ3n) is 5.80. The maximum absolute atomic E-state index is 13.1. The van der Waals surface area contributed by atoms with Gasteiger partial charge in [-0.2, -0.15) is 10.2 Å². The van der Waals surface area contributed by atoms with Gasteiger partial charge in [0.25, 0.3) is 5.91 Å². The number of aryl methyl sites for hydroxylation is 2. The number of hydrazone groups is 1. The lowest BCUT2D eigenvalue weighted by Gasteiger charge is -2.13.